The van der Waals surface area contributed by atoms with Crippen LogP contribution in [0.5, 0.6) is 0 Å². The number of hydrogen-bond donors (Lipinski definition) is 1. The van der Waals surface area contributed by atoms with Gasteiger partial charge in [0.15, 0.2) is 0 Å². The quantitative estimate of drug-likeness (QED) is 0.771. The second kappa shape index (κ2) is 4.94. The van der Waals surface area contributed by atoms with Crippen molar-refractivity contribution in [2.24, 2.45) is 22.2 Å². The average molecular weight is 304 g/mol. The molecule has 2 saturated carbocycles. The van der Waals surface area contributed by atoms with Crippen LogP contribution in [0.25, 0.3) is 0 Å². The first-order valence-electron chi connectivity index (χ1n) is 8.66. The topological polar surface area (TPSA) is 54.4 Å². The van der Waals surface area contributed by atoms with Crippen molar-refractivity contribution in [1.82, 2.24) is 0 Å². The molecule has 2 fully saturated rings. The highest BCUT2D eigenvalue weighted by Gasteiger charge is 2.56. The lowest BCUT2D eigenvalue weighted by Crippen LogP contribution is -2.51. The fourth-order valence-electron chi connectivity index (χ4n) is 5.59. The summed E-state index contributed by atoms with van der Waals surface area (Å²) in [5, 5.41) is 9.20. The molecular weight excluding hydrogens is 276 g/mol. The first kappa shape index (κ1) is 15.8. The van der Waals surface area contributed by atoms with Gasteiger partial charge in [-0.3, -0.25) is 9.59 Å². The van der Waals surface area contributed by atoms with Crippen LogP contribution in [0, 0.1) is 22.2 Å². The van der Waals surface area contributed by atoms with E-state index >= 15 is 0 Å². The number of aliphatic carboxylic acids is 1. The third-order valence-corrected chi connectivity index (χ3v) is 7.00. The predicted octanol–water partition coefficient (Wildman–Crippen LogP) is 4.36. The van der Waals surface area contributed by atoms with E-state index in [1.54, 1.807) is 0 Å². The van der Waals surface area contributed by atoms with E-state index in [1.807, 2.05) is 0 Å². The van der Waals surface area contributed by atoms with Crippen molar-refractivity contribution in [1.29, 1.82) is 0 Å². The highest BCUT2D eigenvalue weighted by Crippen LogP contribution is 2.63. The summed E-state index contributed by atoms with van der Waals surface area (Å²) in [6, 6.07) is 0. The Kier molecular flexibility index (Phi) is 3.54. The van der Waals surface area contributed by atoms with E-state index in [9.17, 15) is 14.7 Å². The lowest BCUT2D eigenvalue weighted by atomic mass is 9.46. The largest absolute Gasteiger partial charge is 0.481 e. The predicted molar refractivity (Wildman–Crippen MR) is 85.5 cm³/mol. The van der Waals surface area contributed by atoms with E-state index in [1.165, 1.54) is 5.57 Å². The number of rotatable bonds is 2. The molecule has 3 nitrogen and oxygen atoms in total. The maximum absolute atomic E-state index is 12.5. The Morgan fingerprint density at radius 2 is 2.00 bits per heavy atom. The summed E-state index contributed by atoms with van der Waals surface area (Å²) in [7, 11) is 0. The Hall–Kier alpha value is -1.12. The first-order chi connectivity index (χ1) is 10.2. The molecule has 0 heterocycles. The first-order valence-corrected chi connectivity index (χ1v) is 8.66. The summed E-state index contributed by atoms with van der Waals surface area (Å²) in [6.45, 7) is 6.61. The monoisotopic (exact) mass is 304 g/mol. The molecule has 3 rings (SSSR count). The summed E-state index contributed by atoms with van der Waals surface area (Å²) in [6.07, 6.45) is 9.16. The van der Waals surface area contributed by atoms with Crippen LogP contribution in [0.3, 0.4) is 0 Å². The molecule has 122 valence electrons. The molecule has 3 heteroatoms. The number of carboxylic acid groups (broad SMARTS) is 1. The Morgan fingerprint density at radius 3 is 2.68 bits per heavy atom. The third kappa shape index (κ3) is 2.24. The molecule has 0 bridgehead atoms. The van der Waals surface area contributed by atoms with Crippen molar-refractivity contribution in [2.75, 3.05) is 0 Å². The van der Waals surface area contributed by atoms with Gasteiger partial charge in [0, 0.05) is 11.8 Å². The molecule has 4 unspecified atom stereocenters. The van der Waals surface area contributed by atoms with Gasteiger partial charge in [-0.15, -0.1) is 0 Å². The number of Topliss-reactive ketones (excluding diaryl/α,β-unsaturated/α-hetero) is 1. The molecule has 0 amide bonds. The Labute approximate surface area is 133 Å². The number of hydrogen-bond acceptors (Lipinski definition) is 2. The lowest BCUT2D eigenvalue weighted by molar-refractivity contribution is -0.141. The molecular formula is C19H28O3. The van der Waals surface area contributed by atoms with Gasteiger partial charge in [-0.05, 0) is 62.2 Å². The molecule has 0 saturated heterocycles. The van der Waals surface area contributed by atoms with Crippen molar-refractivity contribution < 1.29 is 14.7 Å². The fourth-order valence-corrected chi connectivity index (χ4v) is 5.59. The number of carbonyl (C=O) groups excluding carboxylic acids is 1. The van der Waals surface area contributed by atoms with E-state index in [-0.39, 0.29) is 22.7 Å². The number of allylic oxidation sites excluding steroid dienone is 2. The molecule has 3 aliphatic rings. The Bertz CT molecular complexity index is 549. The van der Waals surface area contributed by atoms with Crippen LogP contribution in [0.2, 0.25) is 0 Å². The summed E-state index contributed by atoms with van der Waals surface area (Å²) < 4.78 is 0. The molecule has 0 spiro atoms. The van der Waals surface area contributed by atoms with Gasteiger partial charge in [-0.2, -0.15) is 0 Å². The molecule has 0 aromatic rings. The second-order valence-corrected chi connectivity index (χ2v) is 8.65. The van der Waals surface area contributed by atoms with Crippen LogP contribution in [0.4, 0.5) is 0 Å². The minimum Gasteiger partial charge on any atom is -0.481 e. The molecule has 0 aliphatic heterocycles. The van der Waals surface area contributed by atoms with Crippen molar-refractivity contribution in [3.05, 3.63) is 11.6 Å². The smallest absolute Gasteiger partial charge is 0.303 e. The molecule has 3 aliphatic carbocycles. The Morgan fingerprint density at radius 1 is 1.27 bits per heavy atom. The molecule has 4 atom stereocenters. The molecule has 0 aromatic heterocycles. The molecule has 0 radical (unpaired) electrons. The molecule has 1 N–H and O–H groups in total. The normalized spacial score (nSPS) is 44.8. The van der Waals surface area contributed by atoms with Crippen LogP contribution >= 0.6 is 0 Å². The summed E-state index contributed by atoms with van der Waals surface area (Å²) in [5.74, 6) is 0.262. The Balaban J connectivity index is 1.91. The maximum atomic E-state index is 12.5. The minimum atomic E-state index is -0.682. The van der Waals surface area contributed by atoms with E-state index < -0.39 is 5.97 Å². The second-order valence-electron chi connectivity index (χ2n) is 8.65. The van der Waals surface area contributed by atoms with Crippen molar-refractivity contribution >= 4 is 11.8 Å². The van der Waals surface area contributed by atoms with E-state index in [0.29, 0.717) is 18.1 Å². The van der Waals surface area contributed by atoms with Gasteiger partial charge in [0.05, 0.1) is 6.42 Å². The summed E-state index contributed by atoms with van der Waals surface area (Å²) >= 11 is 0. The number of carbonyl (C=O) groups is 2. The zero-order valence-corrected chi connectivity index (χ0v) is 14.1. The highest BCUT2D eigenvalue weighted by molar-refractivity contribution is 5.89. The van der Waals surface area contributed by atoms with Crippen LogP contribution in [-0.2, 0) is 9.59 Å². The van der Waals surface area contributed by atoms with Gasteiger partial charge in [0.2, 0.25) is 0 Å². The zero-order valence-electron chi connectivity index (χ0n) is 14.1. The van der Waals surface area contributed by atoms with E-state index in [4.69, 9.17) is 0 Å². The summed E-state index contributed by atoms with van der Waals surface area (Å²) in [4.78, 5) is 23.7. The van der Waals surface area contributed by atoms with Crippen LogP contribution in [0.1, 0.15) is 72.1 Å². The van der Waals surface area contributed by atoms with Gasteiger partial charge >= 0.3 is 5.97 Å². The van der Waals surface area contributed by atoms with Crippen molar-refractivity contribution in [3.63, 3.8) is 0 Å². The standard InChI is InChI=1S/C19H28O3/c1-17(12-16(21)22)9-10-18(2)13(11-17)7-8-19(3)14(18)5-4-6-15(19)20/h5,13H,4,6-12H2,1-3H3,(H,21,22). The fraction of sp³-hybridized carbons (Fsp3) is 0.789. The number of ketones is 1. The van der Waals surface area contributed by atoms with Crippen molar-refractivity contribution in [3.8, 4) is 0 Å². The van der Waals surface area contributed by atoms with Gasteiger partial charge < -0.3 is 5.11 Å². The van der Waals surface area contributed by atoms with Gasteiger partial charge in [-0.1, -0.05) is 25.5 Å². The summed E-state index contributed by atoms with van der Waals surface area (Å²) in [5.41, 5.74) is 1.15. The van der Waals surface area contributed by atoms with E-state index in [0.717, 1.165) is 38.5 Å². The van der Waals surface area contributed by atoms with E-state index in [2.05, 4.69) is 26.8 Å². The van der Waals surface area contributed by atoms with Gasteiger partial charge in [0.1, 0.15) is 5.78 Å². The molecule has 0 aromatic carbocycles. The maximum Gasteiger partial charge on any atom is 0.303 e. The van der Waals surface area contributed by atoms with Crippen molar-refractivity contribution in [2.45, 2.75) is 72.1 Å². The van der Waals surface area contributed by atoms with Crippen LogP contribution in [-0.4, -0.2) is 16.9 Å². The lowest BCUT2D eigenvalue weighted by Gasteiger charge is -2.58. The minimum absolute atomic E-state index is 0.0804. The number of fused-ring (bicyclic) bond motifs is 3. The van der Waals surface area contributed by atoms with Gasteiger partial charge in [-0.25, -0.2) is 0 Å². The highest BCUT2D eigenvalue weighted by atomic mass is 16.4. The molecule has 22 heavy (non-hydrogen) atoms. The number of carboxylic acids is 1. The third-order valence-electron chi connectivity index (χ3n) is 7.00. The average Bonchev–Trinajstić information content (AvgIpc) is 2.42. The van der Waals surface area contributed by atoms with Crippen LogP contribution in [0.15, 0.2) is 11.6 Å². The zero-order chi connectivity index (χ0) is 16.2. The van der Waals surface area contributed by atoms with Gasteiger partial charge in [0.25, 0.3) is 0 Å². The van der Waals surface area contributed by atoms with Crippen LogP contribution < -0.4 is 0 Å². The SMILES string of the molecule is CC1(CC(=O)O)CCC2(C)C3=CCCC(=O)C3(C)CCC2C1.